The van der Waals surface area contributed by atoms with E-state index in [0.29, 0.717) is 17.4 Å². The molecule has 0 radical (unpaired) electrons. The number of ether oxygens (including phenoxy) is 2. The Morgan fingerprint density at radius 2 is 0.679 bits per heavy atom. The smallest absolute Gasteiger partial charge is 0.462 e. The Kier molecular flexibility index (Phi) is 62.5. The van der Waals surface area contributed by atoms with Gasteiger partial charge in [-0.25, -0.2) is 4.57 Å². The first-order valence-corrected chi connectivity index (χ1v) is 36.8. The molecule has 1 N–H and O–H groups in total. The van der Waals surface area contributed by atoms with E-state index in [1.807, 2.05) is 21.1 Å². The average Bonchev–Trinajstić information content (AvgIpc) is 3.61. The molecule has 0 aromatic rings. The summed E-state index contributed by atoms with van der Waals surface area (Å²) in [4.78, 5) is 35.9. The third kappa shape index (κ3) is 68.3. The summed E-state index contributed by atoms with van der Waals surface area (Å²) in [5.41, 5.74) is 0. The highest BCUT2D eigenvalue weighted by Gasteiger charge is 2.27. The Bertz CT molecular complexity index is 1690. The highest BCUT2D eigenvalue weighted by atomic mass is 31.2. The summed E-state index contributed by atoms with van der Waals surface area (Å²) in [6.45, 7) is 4.35. The predicted molar refractivity (Wildman–Crippen MR) is 362 cm³/mol. The van der Waals surface area contributed by atoms with E-state index < -0.39 is 26.5 Å². The lowest BCUT2D eigenvalue weighted by molar-refractivity contribution is -0.870. The Morgan fingerprint density at radius 3 is 1.01 bits per heavy atom. The van der Waals surface area contributed by atoms with Gasteiger partial charge in [-0.15, -0.1) is 0 Å². The molecule has 0 aromatic carbocycles. The molecule has 0 saturated carbocycles. The maximum atomic E-state index is 12.9. The lowest BCUT2D eigenvalue weighted by Gasteiger charge is -2.24. The van der Waals surface area contributed by atoms with Crippen LogP contribution in [0.4, 0.5) is 0 Å². The van der Waals surface area contributed by atoms with Crippen molar-refractivity contribution in [2.75, 3.05) is 47.5 Å². The summed E-state index contributed by atoms with van der Waals surface area (Å²) < 4.78 is 34.7. The minimum Gasteiger partial charge on any atom is -0.462 e. The van der Waals surface area contributed by atoms with Gasteiger partial charge >= 0.3 is 19.8 Å². The summed E-state index contributed by atoms with van der Waals surface area (Å²) in [7, 11) is 1.48. The summed E-state index contributed by atoms with van der Waals surface area (Å²) in [5.74, 6) is -0.787. The number of quaternary nitrogens is 1. The second-order valence-corrected chi connectivity index (χ2v) is 26.3. The Balaban J connectivity index is 4.02. The Hall–Kier alpha value is -2.81. The van der Waals surface area contributed by atoms with Gasteiger partial charge in [0.2, 0.25) is 0 Å². The van der Waals surface area contributed by atoms with Crippen molar-refractivity contribution in [3.8, 4) is 0 Å². The van der Waals surface area contributed by atoms with Crippen LogP contribution in [0.15, 0.2) is 85.1 Å². The maximum Gasteiger partial charge on any atom is 0.472 e. The van der Waals surface area contributed by atoms with Crippen LogP contribution in [0.5, 0.6) is 0 Å². The molecule has 488 valence electrons. The van der Waals surface area contributed by atoms with Crippen LogP contribution in [-0.2, 0) is 32.7 Å². The molecule has 0 rings (SSSR count). The minimum absolute atomic E-state index is 0.0304. The second kappa shape index (κ2) is 64.7. The normalized spacial score (nSPS) is 13.6. The number of rotatable bonds is 65. The number of carbonyl (C=O) groups is 2. The quantitative estimate of drug-likeness (QED) is 0.0211. The van der Waals surface area contributed by atoms with Gasteiger partial charge in [-0.2, -0.15) is 0 Å². The van der Waals surface area contributed by atoms with Gasteiger partial charge in [0.25, 0.3) is 0 Å². The summed E-state index contributed by atoms with van der Waals surface area (Å²) in [6, 6.07) is 0. The van der Waals surface area contributed by atoms with Crippen LogP contribution in [0.3, 0.4) is 0 Å². The number of likely N-dealkylation sites (N-methyl/N-ethyl adjacent to an activating group) is 1. The highest BCUT2D eigenvalue weighted by Crippen LogP contribution is 2.43. The van der Waals surface area contributed by atoms with Gasteiger partial charge in [0.05, 0.1) is 27.7 Å². The molecule has 0 spiro atoms. The Morgan fingerprint density at radius 1 is 0.381 bits per heavy atom. The van der Waals surface area contributed by atoms with Crippen LogP contribution in [0.2, 0.25) is 0 Å². The fourth-order valence-electron chi connectivity index (χ4n) is 10.0. The molecule has 0 aliphatic rings. The average molecular weight is 1200 g/mol. The molecule has 0 amide bonds. The zero-order chi connectivity index (χ0) is 61.2. The van der Waals surface area contributed by atoms with Crippen molar-refractivity contribution in [2.45, 2.75) is 328 Å². The molecule has 2 atom stereocenters. The van der Waals surface area contributed by atoms with Gasteiger partial charge in [-0.1, -0.05) is 304 Å². The lowest BCUT2D eigenvalue weighted by Crippen LogP contribution is -2.37. The van der Waals surface area contributed by atoms with Crippen LogP contribution >= 0.6 is 7.82 Å². The summed E-state index contributed by atoms with van der Waals surface area (Å²) in [6.07, 6.45) is 88.3. The molecule has 0 saturated heterocycles. The number of hydrogen-bond acceptors (Lipinski definition) is 7. The van der Waals surface area contributed by atoms with Gasteiger partial charge in [0.1, 0.15) is 19.8 Å². The SMILES string of the molecule is CC/C=C\C/C=C\C/C=C\C/C=C\CCCCCCCCCCCCCCCCC(=O)OC(COC(=O)CCCCCCCCCCCCCCCCCCCC/C=C\C/C=C\C/C=C\CCCCCCC)COP(=O)(O)OCC[N+](C)(C)C. The van der Waals surface area contributed by atoms with Gasteiger partial charge in [-0.3, -0.25) is 18.6 Å². The van der Waals surface area contributed by atoms with Crippen molar-refractivity contribution < 1.29 is 42.1 Å². The van der Waals surface area contributed by atoms with E-state index in [1.54, 1.807) is 0 Å². The van der Waals surface area contributed by atoms with E-state index in [-0.39, 0.29) is 32.0 Å². The third-order valence-electron chi connectivity index (χ3n) is 15.4. The van der Waals surface area contributed by atoms with Crippen molar-refractivity contribution in [2.24, 2.45) is 0 Å². The predicted octanol–water partition coefficient (Wildman–Crippen LogP) is 22.9. The highest BCUT2D eigenvalue weighted by molar-refractivity contribution is 7.47. The molecule has 0 aliphatic heterocycles. The van der Waals surface area contributed by atoms with Crippen LogP contribution < -0.4 is 0 Å². The zero-order valence-electron chi connectivity index (χ0n) is 55.6. The van der Waals surface area contributed by atoms with E-state index in [9.17, 15) is 19.0 Å². The van der Waals surface area contributed by atoms with E-state index in [2.05, 4.69) is 98.9 Å². The molecule has 0 fully saturated rings. The third-order valence-corrected chi connectivity index (χ3v) is 16.4. The first kappa shape index (κ1) is 81.2. The topological polar surface area (TPSA) is 108 Å². The first-order valence-electron chi connectivity index (χ1n) is 35.3. The summed E-state index contributed by atoms with van der Waals surface area (Å²) >= 11 is 0. The van der Waals surface area contributed by atoms with Gasteiger partial charge in [0, 0.05) is 12.8 Å². The number of nitrogens with zero attached hydrogens (tertiary/aromatic N) is 1. The largest absolute Gasteiger partial charge is 0.472 e. The van der Waals surface area contributed by atoms with Crippen molar-refractivity contribution in [1.29, 1.82) is 0 Å². The van der Waals surface area contributed by atoms with Gasteiger partial charge < -0.3 is 18.9 Å². The van der Waals surface area contributed by atoms with E-state index in [0.717, 1.165) is 77.0 Å². The van der Waals surface area contributed by atoms with Gasteiger partial charge in [-0.05, 0) is 89.9 Å². The molecule has 2 unspecified atom stereocenters. The van der Waals surface area contributed by atoms with Crippen LogP contribution in [0, 0.1) is 0 Å². The summed E-state index contributed by atoms with van der Waals surface area (Å²) in [5, 5.41) is 0. The monoisotopic (exact) mass is 1200 g/mol. The first-order chi connectivity index (χ1) is 41.0. The zero-order valence-corrected chi connectivity index (χ0v) is 56.5. The lowest BCUT2D eigenvalue weighted by atomic mass is 10.0. The number of unbranched alkanes of at least 4 members (excludes halogenated alkanes) is 37. The fourth-order valence-corrected chi connectivity index (χ4v) is 10.8. The molecule has 0 heterocycles. The molecular weight excluding hydrogens is 1060 g/mol. The number of phosphoric acid groups is 1. The number of esters is 2. The fraction of sp³-hybridized carbons (Fsp3) is 0.784. The van der Waals surface area contributed by atoms with E-state index in [4.69, 9.17) is 18.5 Å². The van der Waals surface area contributed by atoms with Crippen LogP contribution in [-0.4, -0.2) is 74.9 Å². The van der Waals surface area contributed by atoms with Crippen molar-refractivity contribution in [1.82, 2.24) is 0 Å². The van der Waals surface area contributed by atoms with Crippen LogP contribution in [0.1, 0.15) is 322 Å². The molecule has 9 nitrogen and oxygen atoms in total. The number of carbonyl (C=O) groups excluding carboxylic acids is 2. The molecule has 10 heteroatoms. The van der Waals surface area contributed by atoms with E-state index >= 15 is 0 Å². The number of phosphoric ester groups is 1. The Labute approximate surface area is 520 Å². The van der Waals surface area contributed by atoms with Gasteiger partial charge in [0.15, 0.2) is 6.10 Å². The van der Waals surface area contributed by atoms with Crippen molar-refractivity contribution in [3.05, 3.63) is 85.1 Å². The standard InChI is InChI=1S/C74H134NO8P/c1-6-8-10-12-14-16-18-20-22-24-26-28-30-32-34-35-36-37-38-39-41-42-44-46-48-50-52-54-56-58-60-62-64-66-73(76)80-70-72(71-82-84(78,79)81-69-68-75(3,4)5)83-74(77)67-65-63-61-59-57-55-53-51-49-47-45-43-40-33-31-29-27-25-23-21-19-17-15-13-11-9-7-2/h9,11,15,17-18,20-21,23-24,26-27,29-30,32,72H,6-8,10,12-14,16,19,22,25,28,31,33-71H2,1-5H3/p+1/b11-9-,17-15-,20-18-,23-21-,26-24-,29-27-,32-30-. The maximum absolute atomic E-state index is 12.9. The molecular formula is C74H135NO8P+. The second-order valence-electron chi connectivity index (χ2n) is 24.9. The van der Waals surface area contributed by atoms with Crippen molar-refractivity contribution >= 4 is 19.8 Å². The molecule has 0 aliphatic carbocycles. The number of hydrogen-bond donors (Lipinski definition) is 1. The molecule has 0 bridgehead atoms. The van der Waals surface area contributed by atoms with Crippen molar-refractivity contribution in [3.63, 3.8) is 0 Å². The van der Waals surface area contributed by atoms with Crippen LogP contribution in [0.25, 0.3) is 0 Å². The molecule has 0 aromatic heterocycles. The molecule has 84 heavy (non-hydrogen) atoms. The minimum atomic E-state index is -4.39. The van der Waals surface area contributed by atoms with E-state index in [1.165, 1.54) is 212 Å². The number of allylic oxidation sites excluding steroid dienone is 14.